The minimum atomic E-state index is 0. The van der Waals surface area contributed by atoms with Gasteiger partial charge in [0.15, 0.2) is 11.6 Å². The van der Waals surface area contributed by atoms with E-state index in [0.717, 1.165) is 22.3 Å². The fourth-order valence-electron chi connectivity index (χ4n) is 4.59. The molecule has 1 aromatic heterocycles. The van der Waals surface area contributed by atoms with E-state index in [-0.39, 0.29) is 26.3 Å². The lowest BCUT2D eigenvalue weighted by atomic mass is 9.84. The van der Waals surface area contributed by atoms with Gasteiger partial charge in [-0.15, -0.1) is 0 Å². The molecule has 0 aliphatic heterocycles. The van der Waals surface area contributed by atoms with E-state index in [1.807, 2.05) is 39.0 Å². The number of nitrogens with zero attached hydrogens (tertiary/aromatic N) is 2. The van der Waals surface area contributed by atoms with Gasteiger partial charge in [0.1, 0.15) is 5.69 Å². The first-order valence-electron chi connectivity index (χ1n) is 12.6. The monoisotopic (exact) mass is 478 g/mol. The van der Waals surface area contributed by atoms with Gasteiger partial charge in [-0.3, -0.25) is 19.6 Å². The summed E-state index contributed by atoms with van der Waals surface area (Å²) in [5.41, 5.74) is 7.62. The summed E-state index contributed by atoms with van der Waals surface area (Å²) in [7, 11) is 1.68. The molecule has 0 amide bonds. The highest BCUT2D eigenvalue weighted by atomic mass is 16.1. The Bertz CT molecular complexity index is 1120. The minimum Gasteiger partial charge on any atom is -0.296 e. The van der Waals surface area contributed by atoms with Crippen LogP contribution in [0.15, 0.2) is 63.9 Å². The molecule has 0 fully saturated rings. The van der Waals surface area contributed by atoms with E-state index in [9.17, 15) is 9.59 Å². The minimum absolute atomic E-state index is 0. The van der Waals surface area contributed by atoms with Crippen molar-refractivity contribution < 1.29 is 12.4 Å². The molecule has 0 saturated carbocycles. The molecule has 192 valence electrons. The third kappa shape index (κ3) is 7.30. The van der Waals surface area contributed by atoms with Gasteiger partial charge in [0.05, 0.1) is 0 Å². The standard InChI is InChI=1S/C20H24N2O2.C11H18.2H2/c1-12-8-9-22-20(18(12)11-21-5)19(24)10-13(2)16-6-7-17(14(16)3)15(4)23;1-5-9-6-7-10(8-9)11(2,3)4;;/h6-9,11,13-14H,10H2,1-5H3;7-8H,5-6H2,1-4H3;2*1H. The van der Waals surface area contributed by atoms with Crippen molar-refractivity contribution in [3.63, 3.8) is 0 Å². The van der Waals surface area contributed by atoms with Crippen LogP contribution in [0, 0.1) is 24.2 Å². The second-order valence-corrected chi connectivity index (χ2v) is 10.6. The van der Waals surface area contributed by atoms with Crippen LogP contribution in [-0.2, 0) is 4.79 Å². The maximum absolute atomic E-state index is 12.7. The Morgan fingerprint density at radius 1 is 1.29 bits per heavy atom. The molecule has 35 heavy (non-hydrogen) atoms. The van der Waals surface area contributed by atoms with Gasteiger partial charge in [-0.1, -0.05) is 77.0 Å². The SMILES string of the molecule is CCC1=CC(C(C)(C)C)=CC1.CN=Cc1c(C)ccnc1C(=O)CC(C)C1=CC=C(C(C)=O)C1C.[HH].[HH]. The lowest BCUT2D eigenvalue weighted by Crippen LogP contribution is -2.16. The van der Waals surface area contributed by atoms with E-state index >= 15 is 0 Å². The fraction of sp³-hybridized carbons (Fsp3) is 0.484. The van der Waals surface area contributed by atoms with Crippen LogP contribution in [0.25, 0.3) is 0 Å². The molecule has 1 heterocycles. The number of aromatic nitrogens is 1. The third-order valence-corrected chi connectivity index (χ3v) is 6.88. The average molecular weight is 479 g/mol. The maximum Gasteiger partial charge on any atom is 0.182 e. The summed E-state index contributed by atoms with van der Waals surface area (Å²) in [5.74, 6) is 0.237. The first-order chi connectivity index (χ1) is 16.4. The molecule has 2 unspecified atom stereocenters. The summed E-state index contributed by atoms with van der Waals surface area (Å²) < 4.78 is 0. The Morgan fingerprint density at radius 2 is 1.97 bits per heavy atom. The van der Waals surface area contributed by atoms with Gasteiger partial charge in [-0.25, -0.2) is 0 Å². The predicted octanol–water partition coefficient (Wildman–Crippen LogP) is 7.93. The number of pyridine rings is 1. The number of rotatable bonds is 7. The van der Waals surface area contributed by atoms with Crippen LogP contribution >= 0.6 is 0 Å². The number of carbonyl (C=O) groups is 2. The summed E-state index contributed by atoms with van der Waals surface area (Å²) in [4.78, 5) is 32.7. The zero-order valence-electron chi connectivity index (χ0n) is 23.0. The van der Waals surface area contributed by atoms with E-state index in [1.165, 1.54) is 18.4 Å². The second kappa shape index (κ2) is 12.2. The Balaban J connectivity index is 0.000000845. The summed E-state index contributed by atoms with van der Waals surface area (Å²) >= 11 is 0. The normalized spacial score (nSPS) is 18.4. The highest BCUT2D eigenvalue weighted by Crippen LogP contribution is 2.35. The highest BCUT2D eigenvalue weighted by molar-refractivity contribution is 6.03. The fourth-order valence-corrected chi connectivity index (χ4v) is 4.59. The van der Waals surface area contributed by atoms with Crippen LogP contribution in [0.2, 0.25) is 0 Å². The Kier molecular flexibility index (Phi) is 9.88. The largest absolute Gasteiger partial charge is 0.296 e. The predicted molar refractivity (Wildman–Crippen MR) is 151 cm³/mol. The molecule has 0 aromatic carbocycles. The van der Waals surface area contributed by atoms with Crippen molar-refractivity contribution >= 4 is 17.8 Å². The number of hydrogen-bond donors (Lipinski definition) is 0. The molecule has 2 aliphatic carbocycles. The smallest absolute Gasteiger partial charge is 0.182 e. The van der Waals surface area contributed by atoms with E-state index in [1.54, 1.807) is 32.0 Å². The van der Waals surface area contributed by atoms with Crippen molar-refractivity contribution in [3.05, 3.63) is 75.7 Å². The number of allylic oxidation sites excluding steroid dienone is 8. The van der Waals surface area contributed by atoms with Crippen LogP contribution in [0.4, 0.5) is 0 Å². The molecule has 0 bridgehead atoms. The molecule has 0 radical (unpaired) electrons. The Morgan fingerprint density at radius 3 is 2.46 bits per heavy atom. The Labute approximate surface area is 215 Å². The number of aryl methyl sites for hydroxylation is 1. The highest BCUT2D eigenvalue weighted by Gasteiger charge is 2.27. The molecule has 0 spiro atoms. The second-order valence-electron chi connectivity index (χ2n) is 10.6. The number of carbonyl (C=O) groups excluding carboxylic acids is 2. The van der Waals surface area contributed by atoms with Gasteiger partial charge in [-0.2, -0.15) is 0 Å². The van der Waals surface area contributed by atoms with Gasteiger partial charge in [-0.05, 0) is 55.2 Å². The molecule has 0 saturated heterocycles. The van der Waals surface area contributed by atoms with Crippen LogP contribution in [-0.4, -0.2) is 29.8 Å². The van der Waals surface area contributed by atoms with E-state index in [2.05, 4.69) is 49.8 Å². The number of hydrogen-bond acceptors (Lipinski definition) is 4. The van der Waals surface area contributed by atoms with Crippen molar-refractivity contribution in [3.8, 4) is 0 Å². The summed E-state index contributed by atoms with van der Waals surface area (Å²) in [6, 6.07) is 1.88. The molecular weight excluding hydrogens is 432 g/mol. The van der Waals surface area contributed by atoms with Crippen molar-refractivity contribution in [2.45, 2.75) is 74.7 Å². The molecular formula is C31H46N2O2. The molecule has 3 rings (SSSR count). The zero-order valence-corrected chi connectivity index (χ0v) is 23.0. The summed E-state index contributed by atoms with van der Waals surface area (Å²) in [6.07, 6.45) is 14.7. The molecule has 2 aliphatic rings. The zero-order chi connectivity index (χ0) is 26.3. The van der Waals surface area contributed by atoms with Crippen LogP contribution in [0.1, 0.15) is 92.2 Å². The number of aliphatic imine (C=N–C) groups is 1. The van der Waals surface area contributed by atoms with Crippen LogP contribution in [0.3, 0.4) is 0 Å². The first kappa shape index (κ1) is 28.4. The molecule has 4 heteroatoms. The number of Topliss-reactive ketones (excluding diaryl/α,β-unsaturated/α-hetero) is 2. The lowest BCUT2D eigenvalue weighted by molar-refractivity contribution is -0.113. The Hall–Kier alpha value is -2.88. The maximum atomic E-state index is 12.7. The van der Waals surface area contributed by atoms with Crippen molar-refractivity contribution in [2.24, 2.45) is 22.2 Å². The van der Waals surface area contributed by atoms with Gasteiger partial charge >= 0.3 is 0 Å². The topological polar surface area (TPSA) is 59.4 Å². The van der Waals surface area contributed by atoms with E-state index in [4.69, 9.17) is 0 Å². The van der Waals surface area contributed by atoms with Gasteiger partial charge in [0.25, 0.3) is 0 Å². The van der Waals surface area contributed by atoms with Crippen molar-refractivity contribution in [1.29, 1.82) is 0 Å². The van der Waals surface area contributed by atoms with Gasteiger partial charge in [0.2, 0.25) is 0 Å². The van der Waals surface area contributed by atoms with E-state index < -0.39 is 0 Å². The first-order valence-corrected chi connectivity index (χ1v) is 12.6. The summed E-state index contributed by atoms with van der Waals surface area (Å²) in [6.45, 7) is 16.6. The molecule has 0 N–H and O–H groups in total. The van der Waals surface area contributed by atoms with Gasteiger partial charge < -0.3 is 0 Å². The quantitative estimate of drug-likeness (QED) is 0.295. The van der Waals surface area contributed by atoms with Crippen molar-refractivity contribution in [1.82, 2.24) is 4.98 Å². The number of ketones is 2. The molecule has 1 aromatic rings. The molecule has 4 nitrogen and oxygen atoms in total. The third-order valence-electron chi connectivity index (χ3n) is 6.88. The summed E-state index contributed by atoms with van der Waals surface area (Å²) in [5, 5.41) is 0. The van der Waals surface area contributed by atoms with Crippen LogP contribution < -0.4 is 0 Å². The van der Waals surface area contributed by atoms with Crippen LogP contribution in [0.5, 0.6) is 0 Å². The molecule has 2 atom stereocenters. The average Bonchev–Trinajstić information content (AvgIpc) is 3.42. The van der Waals surface area contributed by atoms with Crippen molar-refractivity contribution in [2.75, 3.05) is 7.05 Å². The van der Waals surface area contributed by atoms with Gasteiger partial charge in [0, 0.05) is 45.8 Å². The van der Waals surface area contributed by atoms with E-state index in [0.29, 0.717) is 17.5 Å². The lowest BCUT2D eigenvalue weighted by Gasteiger charge is -2.19.